The van der Waals surface area contributed by atoms with Crippen LogP contribution in [0.15, 0.2) is 54.6 Å². The summed E-state index contributed by atoms with van der Waals surface area (Å²) in [5.74, 6) is 1.26. The quantitative estimate of drug-likeness (QED) is 0.868. The molecule has 114 valence electrons. The van der Waals surface area contributed by atoms with Crippen LogP contribution in [-0.2, 0) is 4.79 Å². The monoisotopic (exact) mass is 297 g/mol. The molecule has 1 amide bonds. The van der Waals surface area contributed by atoms with Gasteiger partial charge in [0.2, 0.25) is 12.7 Å². The summed E-state index contributed by atoms with van der Waals surface area (Å²) < 4.78 is 10.5. The summed E-state index contributed by atoms with van der Waals surface area (Å²) in [4.78, 5) is 11.8. The highest BCUT2D eigenvalue weighted by Crippen LogP contribution is 2.32. The molecule has 2 aromatic rings. The summed E-state index contributed by atoms with van der Waals surface area (Å²) in [6.07, 6.45) is 3.23. The van der Waals surface area contributed by atoms with Gasteiger partial charge in [-0.15, -0.1) is 0 Å². The Morgan fingerprint density at radius 2 is 1.77 bits per heavy atom. The Bertz CT molecular complexity index is 651. The van der Waals surface area contributed by atoms with Crippen LogP contribution < -0.4 is 14.8 Å². The van der Waals surface area contributed by atoms with E-state index in [-0.39, 0.29) is 12.7 Å². The van der Waals surface area contributed by atoms with Gasteiger partial charge >= 0.3 is 0 Å². The van der Waals surface area contributed by atoms with Gasteiger partial charge in [-0.25, -0.2) is 0 Å². The van der Waals surface area contributed by atoms with Crippen LogP contribution in [0.2, 0.25) is 0 Å². The van der Waals surface area contributed by atoms with E-state index in [4.69, 9.17) is 9.47 Å². The molecule has 0 atom stereocenters. The fourth-order valence-electron chi connectivity index (χ4n) is 1.89. The molecule has 0 aromatic heterocycles. The molecular weight excluding hydrogens is 278 g/mol. The highest BCUT2D eigenvalue weighted by atomic mass is 16.7. The predicted octanol–water partition coefficient (Wildman–Crippen LogP) is 4.09. The van der Waals surface area contributed by atoms with E-state index in [1.807, 2.05) is 62.4 Å². The van der Waals surface area contributed by atoms with Gasteiger partial charge in [-0.1, -0.05) is 38.1 Å². The van der Waals surface area contributed by atoms with E-state index in [9.17, 15) is 4.79 Å². The third-order valence-corrected chi connectivity index (χ3v) is 2.87. The van der Waals surface area contributed by atoms with Crippen LogP contribution in [0.5, 0.6) is 11.5 Å². The van der Waals surface area contributed by atoms with Crippen molar-refractivity contribution >= 4 is 17.7 Å². The van der Waals surface area contributed by atoms with Crippen molar-refractivity contribution in [3.8, 4) is 11.5 Å². The standard InChI is InChI=1S/C16H13NO3.C2H6/c18-16(17-13-4-2-1-3-5-13)9-7-12-6-8-14-15(10-12)20-11-19-14;1-2/h1-10H,11H2,(H,17,18);1-2H3/b9-7+;. The van der Waals surface area contributed by atoms with Gasteiger partial charge in [0, 0.05) is 11.8 Å². The van der Waals surface area contributed by atoms with Gasteiger partial charge in [-0.3, -0.25) is 4.79 Å². The maximum atomic E-state index is 11.8. The number of amides is 1. The number of anilines is 1. The van der Waals surface area contributed by atoms with Crippen molar-refractivity contribution in [2.75, 3.05) is 12.1 Å². The molecule has 3 rings (SSSR count). The van der Waals surface area contributed by atoms with Crippen LogP contribution in [0.4, 0.5) is 5.69 Å². The minimum Gasteiger partial charge on any atom is -0.454 e. The van der Waals surface area contributed by atoms with Gasteiger partial charge in [0.1, 0.15) is 0 Å². The number of benzene rings is 2. The Kier molecular flexibility index (Phi) is 5.60. The topological polar surface area (TPSA) is 47.6 Å². The van der Waals surface area contributed by atoms with E-state index >= 15 is 0 Å². The SMILES string of the molecule is CC.O=C(/C=C/c1ccc2c(c1)OCO2)Nc1ccccc1. The largest absolute Gasteiger partial charge is 0.454 e. The maximum Gasteiger partial charge on any atom is 0.248 e. The molecule has 1 N–H and O–H groups in total. The summed E-state index contributed by atoms with van der Waals surface area (Å²) in [6, 6.07) is 14.9. The zero-order chi connectivity index (χ0) is 15.8. The molecule has 0 saturated heterocycles. The molecule has 1 heterocycles. The fourth-order valence-corrected chi connectivity index (χ4v) is 1.89. The Labute approximate surface area is 130 Å². The number of fused-ring (bicyclic) bond motifs is 1. The van der Waals surface area contributed by atoms with Crippen LogP contribution in [-0.4, -0.2) is 12.7 Å². The second-order valence-corrected chi connectivity index (χ2v) is 4.30. The molecule has 0 bridgehead atoms. The van der Waals surface area contributed by atoms with Crippen molar-refractivity contribution in [1.82, 2.24) is 0 Å². The Morgan fingerprint density at radius 3 is 2.55 bits per heavy atom. The van der Waals surface area contributed by atoms with Gasteiger partial charge in [0.25, 0.3) is 0 Å². The fraction of sp³-hybridized carbons (Fsp3) is 0.167. The van der Waals surface area contributed by atoms with Crippen molar-refractivity contribution < 1.29 is 14.3 Å². The van der Waals surface area contributed by atoms with Crippen LogP contribution in [0.25, 0.3) is 6.08 Å². The van der Waals surface area contributed by atoms with E-state index < -0.39 is 0 Å². The molecule has 0 aliphatic carbocycles. The third kappa shape index (κ3) is 4.12. The second kappa shape index (κ2) is 7.88. The summed E-state index contributed by atoms with van der Waals surface area (Å²) >= 11 is 0. The first kappa shape index (κ1) is 15.6. The van der Waals surface area contributed by atoms with Gasteiger partial charge in [0.05, 0.1) is 0 Å². The lowest BCUT2D eigenvalue weighted by Crippen LogP contribution is -2.07. The molecule has 0 radical (unpaired) electrons. The summed E-state index contributed by atoms with van der Waals surface area (Å²) in [5, 5.41) is 2.78. The highest BCUT2D eigenvalue weighted by Gasteiger charge is 2.12. The molecule has 1 aliphatic rings. The molecule has 1 aliphatic heterocycles. The number of nitrogens with one attached hydrogen (secondary N) is 1. The predicted molar refractivity (Wildman–Crippen MR) is 88.0 cm³/mol. The Hall–Kier alpha value is -2.75. The molecule has 0 fully saturated rings. The zero-order valence-electron chi connectivity index (χ0n) is 12.7. The van der Waals surface area contributed by atoms with Gasteiger partial charge in [0.15, 0.2) is 11.5 Å². The molecular formula is C18H19NO3. The average Bonchev–Trinajstić information content (AvgIpc) is 3.03. The van der Waals surface area contributed by atoms with Crippen molar-refractivity contribution in [2.45, 2.75) is 13.8 Å². The summed E-state index contributed by atoms with van der Waals surface area (Å²) in [7, 11) is 0. The minimum absolute atomic E-state index is 0.172. The van der Waals surface area contributed by atoms with E-state index in [1.54, 1.807) is 6.08 Å². The van der Waals surface area contributed by atoms with Gasteiger partial charge in [-0.2, -0.15) is 0 Å². The summed E-state index contributed by atoms with van der Waals surface area (Å²) in [5.41, 5.74) is 1.66. The normalized spacial score (nSPS) is 11.7. The number of carbonyl (C=O) groups excluding carboxylic acids is 1. The number of hydrogen-bond donors (Lipinski definition) is 1. The minimum atomic E-state index is -0.172. The molecule has 4 nitrogen and oxygen atoms in total. The first-order valence-corrected chi connectivity index (χ1v) is 7.25. The zero-order valence-corrected chi connectivity index (χ0v) is 12.7. The Morgan fingerprint density at radius 1 is 1.05 bits per heavy atom. The maximum absolute atomic E-state index is 11.8. The molecule has 4 heteroatoms. The number of hydrogen-bond acceptors (Lipinski definition) is 3. The lowest BCUT2D eigenvalue weighted by molar-refractivity contribution is -0.111. The van der Waals surface area contributed by atoms with Crippen LogP contribution >= 0.6 is 0 Å². The smallest absolute Gasteiger partial charge is 0.248 e. The molecule has 0 saturated carbocycles. The van der Waals surface area contributed by atoms with E-state index in [0.29, 0.717) is 5.75 Å². The lowest BCUT2D eigenvalue weighted by atomic mass is 10.2. The van der Waals surface area contributed by atoms with E-state index in [0.717, 1.165) is 17.0 Å². The summed E-state index contributed by atoms with van der Waals surface area (Å²) in [6.45, 7) is 4.25. The number of para-hydroxylation sites is 1. The number of carbonyl (C=O) groups is 1. The van der Waals surface area contributed by atoms with Crippen molar-refractivity contribution in [3.63, 3.8) is 0 Å². The van der Waals surface area contributed by atoms with Crippen molar-refractivity contribution in [1.29, 1.82) is 0 Å². The van der Waals surface area contributed by atoms with Crippen LogP contribution in [0, 0.1) is 0 Å². The second-order valence-electron chi connectivity index (χ2n) is 4.30. The Balaban J connectivity index is 0.000000847. The van der Waals surface area contributed by atoms with Crippen molar-refractivity contribution in [2.24, 2.45) is 0 Å². The van der Waals surface area contributed by atoms with E-state index in [1.165, 1.54) is 6.08 Å². The van der Waals surface area contributed by atoms with Crippen LogP contribution in [0.3, 0.4) is 0 Å². The first-order chi connectivity index (χ1) is 10.8. The molecule has 2 aromatic carbocycles. The molecule has 0 unspecified atom stereocenters. The van der Waals surface area contributed by atoms with Crippen LogP contribution in [0.1, 0.15) is 19.4 Å². The highest BCUT2D eigenvalue weighted by molar-refractivity contribution is 6.01. The number of rotatable bonds is 3. The third-order valence-electron chi connectivity index (χ3n) is 2.87. The van der Waals surface area contributed by atoms with Gasteiger partial charge in [-0.05, 0) is 35.9 Å². The van der Waals surface area contributed by atoms with E-state index in [2.05, 4.69) is 5.32 Å². The lowest BCUT2D eigenvalue weighted by Gasteiger charge is -2.01. The number of ether oxygens (including phenoxy) is 2. The average molecular weight is 297 g/mol. The molecule has 22 heavy (non-hydrogen) atoms. The molecule has 0 spiro atoms. The van der Waals surface area contributed by atoms with Gasteiger partial charge < -0.3 is 14.8 Å². The van der Waals surface area contributed by atoms with Crippen molar-refractivity contribution in [3.05, 3.63) is 60.2 Å². The first-order valence-electron chi connectivity index (χ1n) is 7.25.